The van der Waals surface area contributed by atoms with Crippen molar-refractivity contribution in [1.82, 2.24) is 0 Å². The number of ether oxygens (including phenoxy) is 2. The molecule has 0 spiro atoms. The molecule has 2 aliphatic carbocycles. The number of allylic oxidation sites excluding steroid dienone is 6. The summed E-state index contributed by atoms with van der Waals surface area (Å²) in [6, 6.07) is 0. The highest BCUT2D eigenvalue weighted by Crippen LogP contribution is 2.19. The van der Waals surface area contributed by atoms with Gasteiger partial charge in [0.15, 0.2) is 11.6 Å². The van der Waals surface area contributed by atoms with Gasteiger partial charge in [0, 0.05) is 16.7 Å². The molecule has 122 valence electrons. The van der Waals surface area contributed by atoms with E-state index in [1.54, 1.807) is 20.8 Å². The van der Waals surface area contributed by atoms with Gasteiger partial charge in [0.25, 0.3) is 0 Å². The molecule has 0 saturated carbocycles. The molecule has 0 bridgehead atoms. The molecule has 0 amide bonds. The van der Waals surface area contributed by atoms with Crippen molar-refractivity contribution in [2.45, 2.75) is 20.8 Å². The van der Waals surface area contributed by atoms with E-state index >= 15 is 0 Å². The Kier molecular flexibility index (Phi) is 5.95. The summed E-state index contributed by atoms with van der Waals surface area (Å²) < 4.78 is 9.56. The van der Waals surface area contributed by atoms with Gasteiger partial charge in [-0.15, -0.1) is 0 Å². The fourth-order valence-corrected chi connectivity index (χ4v) is 2.01. The zero-order valence-corrected chi connectivity index (χ0v) is 13.7. The summed E-state index contributed by atoms with van der Waals surface area (Å²) in [5.41, 5.74) is 1.43. The predicted molar refractivity (Wildman–Crippen MR) is 82.3 cm³/mol. The van der Waals surface area contributed by atoms with Gasteiger partial charge in [-0.2, -0.15) is 0 Å². The number of carbonyl (C=O) groups excluding carboxylic acids is 4. The Balaban J connectivity index is 0.000000238. The van der Waals surface area contributed by atoms with Crippen molar-refractivity contribution in [2.24, 2.45) is 0 Å². The lowest BCUT2D eigenvalue weighted by molar-refractivity contribution is -0.120. The normalized spacial score (nSPS) is 17.9. The number of ketones is 4. The molecule has 0 saturated heterocycles. The number of hydrogen-bond acceptors (Lipinski definition) is 6. The van der Waals surface area contributed by atoms with Crippen LogP contribution in [0.25, 0.3) is 0 Å². The highest BCUT2D eigenvalue weighted by molar-refractivity contribution is 6.21. The molecular weight excluding hydrogens is 300 g/mol. The fraction of sp³-hybridized carbons (Fsp3) is 0.294. The molecule has 23 heavy (non-hydrogen) atoms. The third kappa shape index (κ3) is 4.12. The van der Waals surface area contributed by atoms with Crippen LogP contribution in [0.5, 0.6) is 0 Å². The van der Waals surface area contributed by atoms with E-state index in [4.69, 9.17) is 9.47 Å². The molecule has 0 aromatic rings. The molecule has 0 aromatic heterocycles. The van der Waals surface area contributed by atoms with Gasteiger partial charge in [0.2, 0.25) is 23.1 Å². The third-order valence-electron chi connectivity index (χ3n) is 3.18. The van der Waals surface area contributed by atoms with E-state index in [2.05, 4.69) is 0 Å². The minimum Gasteiger partial charge on any atom is -0.490 e. The maximum absolute atomic E-state index is 11.4. The number of carbonyl (C=O) groups is 4. The lowest BCUT2D eigenvalue weighted by Crippen LogP contribution is -2.20. The first-order chi connectivity index (χ1) is 10.7. The molecule has 0 heterocycles. The van der Waals surface area contributed by atoms with Crippen LogP contribution >= 0.6 is 0 Å². The van der Waals surface area contributed by atoms with E-state index in [0.717, 1.165) is 0 Å². The standard InChI is InChI=1S/C9H10O4.C8H8O2/c1-5-4-6(10)8(12-2)9(13-3)7(5)11;1-5-3-7(9)4-6(2)8(5)10/h4H,1-3H3;3-4H,1-2H3. The van der Waals surface area contributed by atoms with E-state index in [-0.39, 0.29) is 34.7 Å². The third-order valence-corrected chi connectivity index (χ3v) is 3.18. The minimum absolute atomic E-state index is 0.0208. The summed E-state index contributed by atoms with van der Waals surface area (Å²) in [6.07, 6.45) is 3.95. The number of rotatable bonds is 2. The van der Waals surface area contributed by atoms with E-state index in [9.17, 15) is 19.2 Å². The maximum Gasteiger partial charge on any atom is 0.227 e. The molecule has 6 nitrogen and oxygen atoms in total. The van der Waals surface area contributed by atoms with Gasteiger partial charge >= 0.3 is 0 Å². The molecule has 0 atom stereocenters. The summed E-state index contributed by atoms with van der Waals surface area (Å²) in [6.45, 7) is 4.86. The van der Waals surface area contributed by atoms with Gasteiger partial charge in [-0.25, -0.2) is 0 Å². The second-order valence-corrected chi connectivity index (χ2v) is 4.97. The van der Waals surface area contributed by atoms with Crippen LogP contribution in [0.1, 0.15) is 20.8 Å². The Morgan fingerprint density at radius 2 is 1.09 bits per heavy atom. The molecule has 0 aromatic carbocycles. The first-order valence-corrected chi connectivity index (χ1v) is 6.77. The second kappa shape index (κ2) is 7.49. The van der Waals surface area contributed by atoms with Crippen molar-refractivity contribution >= 4 is 23.1 Å². The first kappa shape index (κ1) is 18.3. The number of methoxy groups -OCH3 is 2. The summed E-state index contributed by atoms with van der Waals surface area (Å²) in [4.78, 5) is 44.4. The lowest BCUT2D eigenvalue weighted by Gasteiger charge is -2.14. The van der Waals surface area contributed by atoms with E-state index in [1.165, 1.54) is 32.4 Å². The second-order valence-electron chi connectivity index (χ2n) is 4.97. The van der Waals surface area contributed by atoms with Gasteiger partial charge in [0.05, 0.1) is 14.2 Å². The number of Topliss-reactive ketones (excluding diaryl/α,β-unsaturated/α-hetero) is 2. The van der Waals surface area contributed by atoms with Crippen molar-refractivity contribution < 1.29 is 28.7 Å². The van der Waals surface area contributed by atoms with Crippen molar-refractivity contribution in [1.29, 1.82) is 0 Å². The van der Waals surface area contributed by atoms with Crippen molar-refractivity contribution in [2.75, 3.05) is 14.2 Å². The maximum atomic E-state index is 11.4. The Bertz CT molecular complexity index is 677. The average Bonchev–Trinajstić information content (AvgIpc) is 2.48. The minimum atomic E-state index is -0.337. The molecule has 0 aliphatic heterocycles. The average molecular weight is 318 g/mol. The predicted octanol–water partition coefficient (Wildman–Crippen LogP) is 1.62. The van der Waals surface area contributed by atoms with Crippen molar-refractivity contribution in [3.05, 3.63) is 46.5 Å². The van der Waals surface area contributed by atoms with Crippen LogP contribution in [0.15, 0.2) is 46.5 Å². The molecule has 0 radical (unpaired) electrons. The highest BCUT2D eigenvalue weighted by atomic mass is 16.5. The molecule has 6 heteroatoms. The van der Waals surface area contributed by atoms with E-state index in [0.29, 0.717) is 16.7 Å². The number of hydrogen-bond donors (Lipinski definition) is 0. The van der Waals surface area contributed by atoms with E-state index < -0.39 is 0 Å². The van der Waals surface area contributed by atoms with Gasteiger partial charge < -0.3 is 9.47 Å². The topological polar surface area (TPSA) is 86.7 Å². The molecule has 2 aliphatic rings. The van der Waals surface area contributed by atoms with Gasteiger partial charge in [-0.05, 0) is 39.0 Å². The van der Waals surface area contributed by atoms with Crippen molar-refractivity contribution in [3.8, 4) is 0 Å². The van der Waals surface area contributed by atoms with Crippen LogP contribution in [0, 0.1) is 0 Å². The Morgan fingerprint density at radius 3 is 1.52 bits per heavy atom. The Morgan fingerprint density at radius 1 is 0.652 bits per heavy atom. The summed E-state index contributed by atoms with van der Waals surface area (Å²) >= 11 is 0. The van der Waals surface area contributed by atoms with Crippen LogP contribution in [0.3, 0.4) is 0 Å². The first-order valence-electron chi connectivity index (χ1n) is 6.77. The zero-order chi connectivity index (χ0) is 17.7. The fourth-order valence-electron chi connectivity index (χ4n) is 2.01. The van der Waals surface area contributed by atoms with Gasteiger partial charge in [0.1, 0.15) is 0 Å². The van der Waals surface area contributed by atoms with E-state index in [1.807, 2.05) is 0 Å². The molecule has 0 fully saturated rings. The van der Waals surface area contributed by atoms with Crippen LogP contribution in [0.2, 0.25) is 0 Å². The van der Waals surface area contributed by atoms with Gasteiger partial charge in [-0.1, -0.05) is 0 Å². The molecule has 2 rings (SSSR count). The van der Waals surface area contributed by atoms with Crippen LogP contribution in [-0.2, 0) is 28.7 Å². The zero-order valence-electron chi connectivity index (χ0n) is 13.7. The summed E-state index contributed by atoms with van der Waals surface area (Å²) in [5.74, 6) is -0.810. The lowest BCUT2D eigenvalue weighted by atomic mass is 9.99. The van der Waals surface area contributed by atoms with Crippen LogP contribution in [-0.4, -0.2) is 37.4 Å². The highest BCUT2D eigenvalue weighted by Gasteiger charge is 2.28. The summed E-state index contributed by atoms with van der Waals surface area (Å²) in [7, 11) is 2.66. The smallest absolute Gasteiger partial charge is 0.227 e. The quantitative estimate of drug-likeness (QED) is 0.719. The molecular formula is C17H18O6. The Labute approximate surface area is 134 Å². The van der Waals surface area contributed by atoms with Crippen LogP contribution < -0.4 is 0 Å². The SMILES string of the molecule is CC1=CC(=O)C=C(C)C1=O.COC1=C(OC)C(=O)C(C)=CC1=O. The Hall–Kier alpha value is -2.76. The largest absolute Gasteiger partial charge is 0.490 e. The summed E-state index contributed by atoms with van der Waals surface area (Å²) in [5, 5.41) is 0. The molecule has 0 N–H and O–H groups in total. The van der Waals surface area contributed by atoms with Crippen molar-refractivity contribution in [3.63, 3.8) is 0 Å². The van der Waals surface area contributed by atoms with Crippen LogP contribution in [0.4, 0.5) is 0 Å². The molecule has 0 unspecified atom stereocenters. The monoisotopic (exact) mass is 318 g/mol. The van der Waals surface area contributed by atoms with Gasteiger partial charge in [-0.3, -0.25) is 19.2 Å².